The fourth-order valence-corrected chi connectivity index (χ4v) is 1.28. The minimum Gasteiger partial charge on any atom is -0.321 e. The smallest absolute Gasteiger partial charge is 0.209 e. The predicted octanol–water partition coefficient (Wildman–Crippen LogP) is 1.83. The van der Waals surface area contributed by atoms with Gasteiger partial charge in [-0.05, 0) is 18.9 Å². The summed E-state index contributed by atoms with van der Waals surface area (Å²) in [5.41, 5.74) is 7.96. The molecular weight excluding hydrogens is 277 g/mol. The van der Waals surface area contributed by atoms with Crippen molar-refractivity contribution in [2.75, 3.05) is 0 Å². The zero-order valence-corrected chi connectivity index (χ0v) is 9.61. The number of nitrogens with two attached hydrogens (primary N) is 1. The third-order valence-electron chi connectivity index (χ3n) is 1.87. The van der Waals surface area contributed by atoms with Gasteiger partial charge in [-0.3, -0.25) is 4.79 Å². The first kappa shape index (κ1) is 10.7. The highest BCUT2D eigenvalue weighted by molar-refractivity contribution is 14.1. The number of halogens is 1. The van der Waals surface area contributed by atoms with E-state index in [-0.39, 0.29) is 9.83 Å². The normalized spacial score (nSPS) is 12.5. The van der Waals surface area contributed by atoms with Crippen LogP contribution in [0.1, 0.15) is 11.1 Å². The highest BCUT2D eigenvalue weighted by Crippen LogP contribution is 2.07. The Balaban J connectivity index is 2.64. The van der Waals surface area contributed by atoms with E-state index in [9.17, 15) is 4.79 Å². The summed E-state index contributed by atoms with van der Waals surface area (Å²) in [6.07, 6.45) is 0.627. The lowest BCUT2D eigenvalue weighted by Crippen LogP contribution is -2.28. The maximum Gasteiger partial charge on any atom is 0.209 e. The summed E-state index contributed by atoms with van der Waals surface area (Å²) >= 11 is 1.74. The van der Waals surface area contributed by atoms with E-state index in [1.807, 2.05) is 31.2 Å². The van der Waals surface area contributed by atoms with Crippen molar-refractivity contribution < 1.29 is 4.79 Å². The van der Waals surface area contributed by atoms with Crippen LogP contribution in [0.15, 0.2) is 24.3 Å². The molecule has 1 atom stereocenters. The molecule has 70 valence electrons. The molecule has 0 aliphatic rings. The summed E-state index contributed by atoms with van der Waals surface area (Å²) in [5.74, 6) is 0. The van der Waals surface area contributed by atoms with Gasteiger partial charge in [0.15, 0.2) is 0 Å². The van der Waals surface area contributed by atoms with Gasteiger partial charge >= 0.3 is 0 Å². The number of carbonyl (C=O) groups is 1. The van der Waals surface area contributed by atoms with Crippen molar-refractivity contribution in [3.8, 4) is 0 Å². The van der Waals surface area contributed by atoms with Gasteiger partial charge < -0.3 is 5.73 Å². The molecule has 0 aliphatic heterocycles. The average molecular weight is 289 g/mol. The molecule has 0 amide bonds. The summed E-state index contributed by atoms with van der Waals surface area (Å²) in [6.45, 7) is 2.03. The molecule has 0 saturated heterocycles. The summed E-state index contributed by atoms with van der Waals surface area (Å²) in [4.78, 5) is 10.9. The van der Waals surface area contributed by atoms with Crippen molar-refractivity contribution in [2.24, 2.45) is 5.73 Å². The van der Waals surface area contributed by atoms with Gasteiger partial charge in [0.05, 0.1) is 6.04 Å². The summed E-state index contributed by atoms with van der Waals surface area (Å²) < 4.78 is 0.0122. The van der Waals surface area contributed by atoms with E-state index >= 15 is 0 Å². The molecule has 1 aromatic carbocycles. The van der Waals surface area contributed by atoms with Crippen LogP contribution in [-0.4, -0.2) is 9.83 Å². The lowest BCUT2D eigenvalue weighted by atomic mass is 10.1. The van der Waals surface area contributed by atoms with Gasteiger partial charge in [0, 0.05) is 22.6 Å². The summed E-state index contributed by atoms with van der Waals surface area (Å²) in [6, 6.07) is 7.70. The van der Waals surface area contributed by atoms with Crippen LogP contribution in [0.25, 0.3) is 0 Å². The van der Waals surface area contributed by atoms with Gasteiger partial charge in [0.1, 0.15) is 0 Å². The van der Waals surface area contributed by atoms with E-state index in [1.54, 1.807) is 22.6 Å². The van der Waals surface area contributed by atoms with E-state index in [0.717, 1.165) is 5.56 Å². The number of benzene rings is 1. The first-order valence-electron chi connectivity index (χ1n) is 4.10. The minimum absolute atomic E-state index is 0.0122. The molecule has 1 aromatic rings. The van der Waals surface area contributed by atoms with Crippen molar-refractivity contribution >= 4 is 26.4 Å². The maximum absolute atomic E-state index is 10.9. The van der Waals surface area contributed by atoms with Crippen LogP contribution in [0.4, 0.5) is 0 Å². The number of hydrogen-bond acceptors (Lipinski definition) is 2. The van der Waals surface area contributed by atoms with Crippen LogP contribution in [0.3, 0.4) is 0 Å². The molecule has 0 aromatic heterocycles. The van der Waals surface area contributed by atoms with E-state index in [1.165, 1.54) is 5.56 Å². The second-order valence-electron chi connectivity index (χ2n) is 3.10. The van der Waals surface area contributed by atoms with Gasteiger partial charge in [-0.1, -0.05) is 29.8 Å². The predicted molar refractivity (Wildman–Crippen MR) is 61.9 cm³/mol. The second-order valence-corrected chi connectivity index (χ2v) is 4.16. The fourth-order valence-electron chi connectivity index (χ4n) is 1.06. The molecule has 0 aliphatic carbocycles. The van der Waals surface area contributed by atoms with Crippen molar-refractivity contribution in [3.05, 3.63) is 35.4 Å². The monoisotopic (exact) mass is 289 g/mol. The number of aryl methyl sites for hydroxylation is 1. The lowest BCUT2D eigenvalue weighted by Gasteiger charge is -2.06. The summed E-state index contributed by atoms with van der Waals surface area (Å²) in [5, 5.41) is 0. The van der Waals surface area contributed by atoms with Crippen molar-refractivity contribution in [2.45, 2.75) is 19.4 Å². The van der Waals surface area contributed by atoms with Crippen molar-refractivity contribution in [3.63, 3.8) is 0 Å². The number of rotatable bonds is 3. The van der Waals surface area contributed by atoms with Crippen LogP contribution in [-0.2, 0) is 11.2 Å². The first-order chi connectivity index (χ1) is 6.09. The third kappa shape index (κ3) is 3.44. The van der Waals surface area contributed by atoms with E-state index in [4.69, 9.17) is 5.73 Å². The largest absolute Gasteiger partial charge is 0.321 e. The molecule has 0 unspecified atom stereocenters. The Morgan fingerprint density at radius 1 is 1.46 bits per heavy atom. The highest BCUT2D eigenvalue weighted by Gasteiger charge is 2.09. The Morgan fingerprint density at radius 3 is 2.46 bits per heavy atom. The molecule has 1 rings (SSSR count). The Morgan fingerprint density at radius 2 is 2.00 bits per heavy atom. The quantitative estimate of drug-likeness (QED) is 0.681. The topological polar surface area (TPSA) is 43.1 Å². The van der Waals surface area contributed by atoms with Gasteiger partial charge in [-0.2, -0.15) is 0 Å². The highest BCUT2D eigenvalue weighted by atomic mass is 127. The maximum atomic E-state index is 10.9. The molecule has 0 radical (unpaired) electrons. The Kier molecular flexibility index (Phi) is 3.87. The average Bonchev–Trinajstić information content (AvgIpc) is 2.08. The molecule has 2 N–H and O–H groups in total. The zero-order chi connectivity index (χ0) is 9.84. The van der Waals surface area contributed by atoms with E-state index in [0.29, 0.717) is 6.42 Å². The zero-order valence-electron chi connectivity index (χ0n) is 7.46. The van der Waals surface area contributed by atoms with E-state index in [2.05, 4.69) is 0 Å². The molecule has 0 bridgehead atoms. The molecule has 0 fully saturated rings. The lowest BCUT2D eigenvalue weighted by molar-refractivity contribution is -0.110. The Bertz CT molecular complexity index is 294. The van der Waals surface area contributed by atoms with Gasteiger partial charge in [0.2, 0.25) is 3.79 Å². The Hall–Kier alpha value is -0.420. The van der Waals surface area contributed by atoms with Gasteiger partial charge in [-0.15, -0.1) is 0 Å². The molecule has 13 heavy (non-hydrogen) atoms. The first-order valence-corrected chi connectivity index (χ1v) is 5.18. The van der Waals surface area contributed by atoms with Crippen LogP contribution >= 0.6 is 22.6 Å². The third-order valence-corrected chi connectivity index (χ3v) is 2.67. The van der Waals surface area contributed by atoms with Crippen LogP contribution in [0.2, 0.25) is 0 Å². The van der Waals surface area contributed by atoms with Crippen molar-refractivity contribution in [1.29, 1.82) is 0 Å². The number of hydrogen-bond donors (Lipinski definition) is 1. The molecule has 0 saturated carbocycles. The second kappa shape index (κ2) is 4.72. The van der Waals surface area contributed by atoms with Crippen LogP contribution < -0.4 is 5.73 Å². The van der Waals surface area contributed by atoms with E-state index < -0.39 is 0 Å². The molecule has 0 spiro atoms. The molecule has 3 heteroatoms. The van der Waals surface area contributed by atoms with Gasteiger partial charge in [-0.25, -0.2) is 0 Å². The Labute approximate surface area is 91.7 Å². The fraction of sp³-hybridized carbons (Fsp3) is 0.300. The SMILES string of the molecule is Cc1ccc(C[C@@H](N)C(=O)I)cc1. The molecule has 2 nitrogen and oxygen atoms in total. The van der Waals surface area contributed by atoms with Crippen LogP contribution in [0, 0.1) is 6.92 Å². The number of carbonyl (C=O) groups excluding carboxylic acids is 1. The molecular formula is C10H12INO. The standard InChI is InChI=1S/C10H12INO/c1-7-2-4-8(5-3-7)6-9(12)10(11)13/h2-5,9H,6,12H2,1H3/t9-/m1/s1. The minimum atomic E-state index is -0.372. The molecule has 0 heterocycles. The van der Waals surface area contributed by atoms with Crippen LogP contribution in [0.5, 0.6) is 0 Å². The van der Waals surface area contributed by atoms with Crippen molar-refractivity contribution in [1.82, 2.24) is 0 Å². The van der Waals surface area contributed by atoms with Gasteiger partial charge in [0.25, 0.3) is 0 Å². The summed E-state index contributed by atoms with van der Waals surface area (Å²) in [7, 11) is 0.